The minimum atomic E-state index is -0.0696. The first kappa shape index (κ1) is 17.7. The van der Waals surface area contributed by atoms with Crippen LogP contribution in [0.5, 0.6) is 5.75 Å². The fourth-order valence-electron chi connectivity index (χ4n) is 3.38. The monoisotopic (exact) mass is 369 g/mol. The molecule has 0 spiro atoms. The molecule has 3 heterocycles. The van der Waals surface area contributed by atoms with E-state index in [2.05, 4.69) is 31.8 Å². The second-order valence-electron chi connectivity index (χ2n) is 6.72. The number of aliphatic hydroxyl groups is 1. The molecule has 1 fully saturated rings. The summed E-state index contributed by atoms with van der Waals surface area (Å²) in [6.45, 7) is 6.04. The maximum atomic E-state index is 9.52. The predicted octanol–water partition coefficient (Wildman–Crippen LogP) is 2.05. The number of morpholine rings is 1. The fourth-order valence-corrected chi connectivity index (χ4v) is 3.38. The van der Waals surface area contributed by atoms with E-state index in [1.165, 1.54) is 0 Å². The molecule has 8 heteroatoms. The Morgan fingerprint density at radius 3 is 2.89 bits per heavy atom. The number of H-pyrrole nitrogens is 1. The first-order valence-corrected chi connectivity index (χ1v) is 8.97. The number of fused-ring (bicyclic) bond motifs is 1. The smallest absolute Gasteiger partial charge is 0.183 e. The van der Waals surface area contributed by atoms with Gasteiger partial charge in [0.2, 0.25) is 0 Å². The van der Waals surface area contributed by atoms with Crippen LogP contribution >= 0.6 is 0 Å². The van der Waals surface area contributed by atoms with Gasteiger partial charge < -0.3 is 24.5 Å². The maximum absolute atomic E-state index is 9.52. The van der Waals surface area contributed by atoms with Crippen molar-refractivity contribution in [1.29, 1.82) is 0 Å². The van der Waals surface area contributed by atoms with Crippen LogP contribution in [0, 0.1) is 6.92 Å². The normalized spacial score (nSPS) is 17.5. The van der Waals surface area contributed by atoms with Crippen LogP contribution in [-0.4, -0.2) is 58.0 Å². The van der Waals surface area contributed by atoms with Crippen LogP contribution in [0.15, 0.2) is 18.2 Å². The Hall–Kier alpha value is -2.71. The summed E-state index contributed by atoms with van der Waals surface area (Å²) < 4.78 is 10.9. The van der Waals surface area contributed by atoms with E-state index in [1.807, 2.05) is 19.1 Å². The third kappa shape index (κ3) is 3.33. The molecule has 27 heavy (non-hydrogen) atoms. The van der Waals surface area contributed by atoms with Crippen molar-refractivity contribution in [3.63, 3.8) is 0 Å². The van der Waals surface area contributed by atoms with E-state index in [-0.39, 0.29) is 12.6 Å². The van der Waals surface area contributed by atoms with E-state index in [9.17, 15) is 5.11 Å². The summed E-state index contributed by atoms with van der Waals surface area (Å²) in [7, 11) is 1.60. The molecular weight excluding hydrogens is 346 g/mol. The quantitative estimate of drug-likeness (QED) is 0.726. The molecule has 1 aliphatic heterocycles. The SMILES string of the molecule is COc1cc(CO)cc(-c2nc3nc(C)nc(N4CCOCC4C)c3[nH]2)c1. The van der Waals surface area contributed by atoms with E-state index in [0.717, 1.165) is 29.0 Å². The Morgan fingerprint density at radius 2 is 2.15 bits per heavy atom. The molecule has 1 aromatic carbocycles. The lowest BCUT2D eigenvalue weighted by atomic mass is 10.1. The molecule has 0 saturated carbocycles. The molecule has 1 atom stereocenters. The van der Waals surface area contributed by atoms with Gasteiger partial charge in [0.25, 0.3) is 0 Å². The number of imidazole rings is 1. The highest BCUT2D eigenvalue weighted by atomic mass is 16.5. The molecule has 4 rings (SSSR count). The lowest BCUT2D eigenvalue weighted by Gasteiger charge is -2.34. The number of aromatic nitrogens is 4. The van der Waals surface area contributed by atoms with Gasteiger partial charge in [0.15, 0.2) is 11.5 Å². The van der Waals surface area contributed by atoms with Gasteiger partial charge in [-0.25, -0.2) is 15.0 Å². The number of aromatic amines is 1. The molecule has 1 aliphatic rings. The maximum Gasteiger partial charge on any atom is 0.183 e. The van der Waals surface area contributed by atoms with Gasteiger partial charge >= 0.3 is 0 Å². The first-order chi connectivity index (χ1) is 13.1. The topological polar surface area (TPSA) is 96.4 Å². The fraction of sp³-hybridized carbons (Fsp3) is 0.421. The van der Waals surface area contributed by atoms with Gasteiger partial charge in [-0.1, -0.05) is 0 Å². The Kier molecular flexibility index (Phi) is 4.67. The minimum absolute atomic E-state index is 0.0696. The summed E-state index contributed by atoms with van der Waals surface area (Å²) in [5.74, 6) is 2.86. The van der Waals surface area contributed by atoms with Crippen molar-refractivity contribution in [3.8, 4) is 17.1 Å². The summed E-state index contributed by atoms with van der Waals surface area (Å²) in [6, 6.07) is 5.80. The van der Waals surface area contributed by atoms with Crippen molar-refractivity contribution in [2.75, 3.05) is 31.8 Å². The molecule has 2 aromatic heterocycles. The van der Waals surface area contributed by atoms with E-state index in [4.69, 9.17) is 9.47 Å². The second-order valence-corrected chi connectivity index (χ2v) is 6.72. The number of hydrogen-bond acceptors (Lipinski definition) is 7. The molecule has 0 amide bonds. The Labute approximate surface area is 157 Å². The largest absolute Gasteiger partial charge is 0.497 e. The molecule has 2 N–H and O–H groups in total. The van der Waals surface area contributed by atoms with Crippen molar-refractivity contribution in [2.24, 2.45) is 0 Å². The van der Waals surface area contributed by atoms with Gasteiger partial charge in [-0.2, -0.15) is 0 Å². The summed E-state index contributed by atoms with van der Waals surface area (Å²) in [5, 5.41) is 9.52. The lowest BCUT2D eigenvalue weighted by Crippen LogP contribution is -2.44. The molecule has 0 aliphatic carbocycles. The van der Waals surface area contributed by atoms with E-state index >= 15 is 0 Å². The molecule has 0 bridgehead atoms. The minimum Gasteiger partial charge on any atom is -0.497 e. The predicted molar refractivity (Wildman–Crippen MR) is 102 cm³/mol. The number of aryl methyl sites for hydroxylation is 1. The van der Waals surface area contributed by atoms with Gasteiger partial charge in [0.1, 0.15) is 22.9 Å². The Balaban J connectivity index is 1.84. The highest BCUT2D eigenvalue weighted by molar-refractivity contribution is 5.86. The number of benzene rings is 1. The number of nitrogens with zero attached hydrogens (tertiary/aromatic N) is 4. The van der Waals surface area contributed by atoms with Gasteiger partial charge in [-0.15, -0.1) is 0 Å². The number of ether oxygens (including phenoxy) is 2. The number of aliphatic hydroxyl groups excluding tert-OH is 1. The van der Waals surface area contributed by atoms with Crippen LogP contribution in [0.1, 0.15) is 18.3 Å². The van der Waals surface area contributed by atoms with E-state index in [0.29, 0.717) is 36.3 Å². The zero-order valence-electron chi connectivity index (χ0n) is 15.7. The molecular formula is C19H23N5O3. The van der Waals surface area contributed by atoms with Crippen molar-refractivity contribution >= 4 is 17.0 Å². The van der Waals surface area contributed by atoms with Crippen LogP contribution in [0.4, 0.5) is 5.82 Å². The summed E-state index contributed by atoms with van der Waals surface area (Å²) in [5.41, 5.74) is 3.02. The summed E-state index contributed by atoms with van der Waals surface area (Å²) >= 11 is 0. The zero-order valence-corrected chi connectivity index (χ0v) is 15.7. The van der Waals surface area contributed by atoms with Crippen molar-refractivity contribution in [3.05, 3.63) is 29.6 Å². The number of nitrogens with one attached hydrogen (secondary N) is 1. The first-order valence-electron chi connectivity index (χ1n) is 8.97. The zero-order chi connectivity index (χ0) is 19.0. The van der Waals surface area contributed by atoms with E-state index in [1.54, 1.807) is 13.2 Å². The van der Waals surface area contributed by atoms with Crippen molar-refractivity contribution < 1.29 is 14.6 Å². The highest BCUT2D eigenvalue weighted by Gasteiger charge is 2.24. The summed E-state index contributed by atoms with van der Waals surface area (Å²) in [4.78, 5) is 19.4. The third-order valence-corrected chi connectivity index (χ3v) is 4.74. The molecule has 8 nitrogen and oxygen atoms in total. The number of hydrogen-bond donors (Lipinski definition) is 2. The van der Waals surface area contributed by atoms with Crippen LogP contribution in [0.25, 0.3) is 22.6 Å². The van der Waals surface area contributed by atoms with Gasteiger partial charge in [0.05, 0.1) is 33.0 Å². The van der Waals surface area contributed by atoms with Crippen LogP contribution < -0.4 is 9.64 Å². The third-order valence-electron chi connectivity index (χ3n) is 4.74. The molecule has 0 radical (unpaired) electrons. The molecule has 1 saturated heterocycles. The van der Waals surface area contributed by atoms with Crippen LogP contribution in [0.2, 0.25) is 0 Å². The van der Waals surface area contributed by atoms with Crippen molar-refractivity contribution in [2.45, 2.75) is 26.5 Å². The van der Waals surface area contributed by atoms with Crippen molar-refractivity contribution in [1.82, 2.24) is 19.9 Å². The standard InChI is InChI=1S/C19H23N5O3/c1-11-10-27-5-4-24(11)19-16-18(20-12(2)21-19)23-17(22-16)14-6-13(9-25)7-15(8-14)26-3/h6-8,11,25H,4-5,9-10H2,1-3H3,(H,20,21,22,23). The average Bonchev–Trinajstić information content (AvgIpc) is 3.11. The number of rotatable bonds is 4. The van der Waals surface area contributed by atoms with E-state index < -0.39 is 0 Å². The van der Waals surface area contributed by atoms with Gasteiger partial charge in [0, 0.05) is 12.1 Å². The Bertz CT molecular complexity index is 949. The molecule has 1 unspecified atom stereocenters. The van der Waals surface area contributed by atoms with Crippen LogP contribution in [0.3, 0.4) is 0 Å². The van der Waals surface area contributed by atoms with Crippen LogP contribution in [-0.2, 0) is 11.3 Å². The second kappa shape index (κ2) is 7.13. The average molecular weight is 369 g/mol. The highest BCUT2D eigenvalue weighted by Crippen LogP contribution is 2.30. The Morgan fingerprint density at radius 1 is 1.30 bits per heavy atom. The van der Waals surface area contributed by atoms with Gasteiger partial charge in [-0.3, -0.25) is 0 Å². The number of anilines is 1. The number of methoxy groups -OCH3 is 1. The molecule has 3 aromatic rings. The molecule has 142 valence electrons. The lowest BCUT2D eigenvalue weighted by molar-refractivity contribution is 0.0986. The summed E-state index contributed by atoms with van der Waals surface area (Å²) in [6.07, 6.45) is 0. The van der Waals surface area contributed by atoms with Gasteiger partial charge in [-0.05, 0) is 37.6 Å².